The van der Waals surface area contributed by atoms with Gasteiger partial charge in [-0.15, -0.1) is 0 Å². The van der Waals surface area contributed by atoms with E-state index < -0.39 is 0 Å². The fraction of sp³-hybridized carbons (Fsp3) is 0.333. The summed E-state index contributed by atoms with van der Waals surface area (Å²) < 4.78 is 0. The summed E-state index contributed by atoms with van der Waals surface area (Å²) in [6.07, 6.45) is 2.22. The summed E-state index contributed by atoms with van der Waals surface area (Å²) in [7, 11) is 0. The highest BCUT2D eigenvalue weighted by Crippen LogP contribution is 2.20. The van der Waals surface area contributed by atoms with Gasteiger partial charge in [-0.2, -0.15) is 0 Å². The lowest BCUT2D eigenvalue weighted by Gasteiger charge is -2.13. The van der Waals surface area contributed by atoms with Crippen LogP contribution in [-0.4, -0.2) is 0 Å². The maximum Gasteiger partial charge on any atom is -0.00230 e. The molecule has 0 atom stereocenters. The third kappa shape index (κ3) is 3.22. The van der Waals surface area contributed by atoms with E-state index in [1.807, 2.05) is 0 Å². The Morgan fingerprint density at radius 2 is 1.50 bits per heavy atom. The third-order valence-electron chi connectivity index (χ3n) is 3.42. The Morgan fingerprint density at radius 1 is 0.833 bits per heavy atom. The van der Waals surface area contributed by atoms with E-state index >= 15 is 0 Å². The lowest BCUT2D eigenvalue weighted by Crippen LogP contribution is -2.00. The van der Waals surface area contributed by atoms with E-state index in [0.29, 0.717) is 0 Å². The van der Waals surface area contributed by atoms with E-state index in [4.69, 9.17) is 0 Å². The van der Waals surface area contributed by atoms with Crippen molar-refractivity contribution in [2.45, 2.75) is 33.6 Å². The highest BCUT2D eigenvalue weighted by molar-refractivity contribution is 5.37. The number of hydrogen-bond donors (Lipinski definition) is 0. The minimum atomic E-state index is 0.718. The molecule has 0 heterocycles. The molecule has 0 aromatic heterocycles. The molecule has 0 aliphatic rings. The number of rotatable bonds is 4. The van der Waals surface area contributed by atoms with Gasteiger partial charge < -0.3 is 0 Å². The molecule has 0 N–H and O–H groups in total. The average Bonchev–Trinajstić information content (AvgIpc) is 2.35. The lowest BCUT2D eigenvalue weighted by molar-refractivity contribution is 0.644. The maximum atomic E-state index is 2.28. The first-order chi connectivity index (χ1) is 8.66. The van der Waals surface area contributed by atoms with E-state index in [-0.39, 0.29) is 0 Å². The molecule has 2 aromatic rings. The topological polar surface area (TPSA) is 0 Å². The molecule has 0 bridgehead atoms. The van der Waals surface area contributed by atoms with Crippen LogP contribution < -0.4 is 0 Å². The molecule has 18 heavy (non-hydrogen) atoms. The smallest absolute Gasteiger partial charge is 0.00230 e. The second-order valence-corrected chi connectivity index (χ2v) is 5.46. The molecule has 0 nitrogen and oxygen atoms in total. The SMILES string of the molecule is Cc1c(Cc2ccccc2)cccc1CC(C)C. The second kappa shape index (κ2) is 5.86. The highest BCUT2D eigenvalue weighted by atomic mass is 14.1. The Hall–Kier alpha value is -1.56. The fourth-order valence-electron chi connectivity index (χ4n) is 2.40. The van der Waals surface area contributed by atoms with Crippen molar-refractivity contribution < 1.29 is 0 Å². The van der Waals surface area contributed by atoms with Crippen molar-refractivity contribution in [2.24, 2.45) is 5.92 Å². The summed E-state index contributed by atoms with van der Waals surface area (Å²) in [5.41, 5.74) is 5.81. The van der Waals surface area contributed by atoms with Crippen LogP contribution >= 0.6 is 0 Å². The van der Waals surface area contributed by atoms with E-state index in [0.717, 1.165) is 12.3 Å². The third-order valence-corrected chi connectivity index (χ3v) is 3.42. The van der Waals surface area contributed by atoms with E-state index in [9.17, 15) is 0 Å². The Balaban J connectivity index is 2.23. The predicted octanol–water partition coefficient (Wildman–Crippen LogP) is 4.78. The summed E-state index contributed by atoms with van der Waals surface area (Å²) >= 11 is 0. The number of hydrogen-bond acceptors (Lipinski definition) is 0. The predicted molar refractivity (Wildman–Crippen MR) is 79.0 cm³/mol. The zero-order chi connectivity index (χ0) is 13.0. The molecule has 0 saturated carbocycles. The standard InChI is InChI=1S/C18H22/c1-14(2)12-17-10-7-11-18(15(17)3)13-16-8-5-4-6-9-16/h4-11,14H,12-13H2,1-3H3. The zero-order valence-electron chi connectivity index (χ0n) is 11.6. The minimum absolute atomic E-state index is 0.718. The van der Waals surface area contributed by atoms with Gasteiger partial charge in [0, 0.05) is 0 Å². The summed E-state index contributed by atoms with van der Waals surface area (Å²) in [5.74, 6) is 0.718. The zero-order valence-corrected chi connectivity index (χ0v) is 11.6. The highest BCUT2D eigenvalue weighted by Gasteiger charge is 2.06. The van der Waals surface area contributed by atoms with Crippen LogP contribution in [0.3, 0.4) is 0 Å². The van der Waals surface area contributed by atoms with Crippen LogP contribution in [0.15, 0.2) is 48.5 Å². The van der Waals surface area contributed by atoms with Gasteiger partial charge in [-0.3, -0.25) is 0 Å². The fourth-order valence-corrected chi connectivity index (χ4v) is 2.40. The van der Waals surface area contributed by atoms with Crippen LogP contribution in [0.25, 0.3) is 0 Å². The summed E-state index contributed by atoms with van der Waals surface area (Å²) in [6.45, 7) is 6.82. The molecule has 0 fully saturated rings. The first-order valence-electron chi connectivity index (χ1n) is 6.78. The molecule has 0 radical (unpaired) electrons. The molecule has 0 spiro atoms. The van der Waals surface area contributed by atoms with E-state index in [2.05, 4.69) is 69.3 Å². The van der Waals surface area contributed by atoms with Gasteiger partial charge >= 0.3 is 0 Å². The van der Waals surface area contributed by atoms with Gasteiger partial charge in [-0.05, 0) is 47.9 Å². The molecule has 2 aromatic carbocycles. The van der Waals surface area contributed by atoms with Crippen molar-refractivity contribution in [3.05, 3.63) is 70.8 Å². The van der Waals surface area contributed by atoms with Gasteiger partial charge in [0.2, 0.25) is 0 Å². The Labute approximate surface area is 111 Å². The van der Waals surface area contributed by atoms with Crippen LogP contribution in [0.5, 0.6) is 0 Å². The molecule has 0 aliphatic carbocycles. The molecular formula is C18H22. The molecular weight excluding hydrogens is 216 g/mol. The van der Waals surface area contributed by atoms with Crippen molar-refractivity contribution in [1.29, 1.82) is 0 Å². The van der Waals surface area contributed by atoms with Crippen LogP contribution in [0.2, 0.25) is 0 Å². The van der Waals surface area contributed by atoms with Crippen LogP contribution in [0.4, 0.5) is 0 Å². The van der Waals surface area contributed by atoms with Gasteiger partial charge in [0.1, 0.15) is 0 Å². The first-order valence-corrected chi connectivity index (χ1v) is 6.78. The summed E-state index contributed by atoms with van der Waals surface area (Å²) in [6, 6.07) is 17.4. The molecule has 0 amide bonds. The molecule has 94 valence electrons. The average molecular weight is 238 g/mol. The molecule has 0 saturated heterocycles. The van der Waals surface area contributed by atoms with Crippen molar-refractivity contribution in [1.82, 2.24) is 0 Å². The minimum Gasteiger partial charge on any atom is -0.0625 e. The monoisotopic (exact) mass is 238 g/mol. The Kier molecular flexibility index (Phi) is 4.19. The van der Waals surface area contributed by atoms with Gasteiger partial charge in [0.05, 0.1) is 0 Å². The first kappa shape index (κ1) is 12.9. The largest absolute Gasteiger partial charge is 0.0625 e. The van der Waals surface area contributed by atoms with E-state index in [1.165, 1.54) is 28.7 Å². The quantitative estimate of drug-likeness (QED) is 0.718. The Bertz CT molecular complexity index is 495. The maximum absolute atomic E-state index is 2.28. The molecule has 2 rings (SSSR count). The number of benzene rings is 2. The summed E-state index contributed by atoms with van der Waals surface area (Å²) in [5, 5.41) is 0. The van der Waals surface area contributed by atoms with Crippen molar-refractivity contribution in [3.63, 3.8) is 0 Å². The van der Waals surface area contributed by atoms with Gasteiger partial charge in [0.15, 0.2) is 0 Å². The van der Waals surface area contributed by atoms with Crippen molar-refractivity contribution in [2.75, 3.05) is 0 Å². The molecule has 0 aliphatic heterocycles. The Morgan fingerprint density at radius 3 is 2.17 bits per heavy atom. The normalized spacial score (nSPS) is 10.9. The lowest BCUT2D eigenvalue weighted by atomic mass is 9.92. The van der Waals surface area contributed by atoms with Crippen molar-refractivity contribution in [3.8, 4) is 0 Å². The van der Waals surface area contributed by atoms with Crippen LogP contribution in [0.1, 0.15) is 36.1 Å². The van der Waals surface area contributed by atoms with Crippen LogP contribution in [-0.2, 0) is 12.8 Å². The van der Waals surface area contributed by atoms with Gasteiger partial charge in [-0.25, -0.2) is 0 Å². The second-order valence-electron chi connectivity index (χ2n) is 5.46. The van der Waals surface area contributed by atoms with Gasteiger partial charge in [-0.1, -0.05) is 62.4 Å². The van der Waals surface area contributed by atoms with Crippen molar-refractivity contribution >= 4 is 0 Å². The van der Waals surface area contributed by atoms with Gasteiger partial charge in [0.25, 0.3) is 0 Å². The molecule has 0 heteroatoms. The van der Waals surface area contributed by atoms with E-state index in [1.54, 1.807) is 0 Å². The molecule has 0 unspecified atom stereocenters. The van der Waals surface area contributed by atoms with Crippen LogP contribution in [0, 0.1) is 12.8 Å². The summed E-state index contributed by atoms with van der Waals surface area (Å²) in [4.78, 5) is 0.